The summed E-state index contributed by atoms with van der Waals surface area (Å²) in [6, 6.07) is 21.3. The lowest BCUT2D eigenvalue weighted by atomic mass is 10.0. The van der Waals surface area contributed by atoms with Crippen molar-refractivity contribution in [1.82, 2.24) is 15.3 Å². The molecule has 0 radical (unpaired) electrons. The van der Waals surface area contributed by atoms with Crippen LogP contribution in [0.5, 0.6) is 0 Å². The molecule has 5 heteroatoms. The molecule has 30 heavy (non-hydrogen) atoms. The van der Waals surface area contributed by atoms with Crippen LogP contribution in [0.3, 0.4) is 0 Å². The van der Waals surface area contributed by atoms with Crippen molar-refractivity contribution in [3.05, 3.63) is 89.9 Å². The number of pyridine rings is 1. The molecule has 0 spiro atoms. The molecule has 0 aliphatic heterocycles. The summed E-state index contributed by atoms with van der Waals surface area (Å²) in [5.41, 5.74) is 12.6. The average molecular weight is 400 g/mol. The molecule has 0 aliphatic rings. The molecule has 0 amide bonds. The van der Waals surface area contributed by atoms with Crippen molar-refractivity contribution in [3.63, 3.8) is 0 Å². The second-order valence-corrected chi connectivity index (χ2v) is 7.54. The molecular formula is C25H29N5. The van der Waals surface area contributed by atoms with Crippen molar-refractivity contribution >= 4 is 22.3 Å². The molecule has 5 nitrogen and oxygen atoms in total. The average Bonchev–Trinajstić information content (AvgIpc) is 3.19. The van der Waals surface area contributed by atoms with E-state index in [0.29, 0.717) is 6.54 Å². The molecular weight excluding hydrogens is 370 g/mol. The Hall–Kier alpha value is -3.15. The Morgan fingerprint density at radius 2 is 1.80 bits per heavy atom. The number of nitrogens with zero attached hydrogens (tertiary/aromatic N) is 1. The number of para-hydroxylation sites is 1. The number of hydrogen-bond acceptors (Lipinski definition) is 4. The molecule has 0 unspecified atom stereocenters. The van der Waals surface area contributed by atoms with E-state index in [1.54, 1.807) is 0 Å². The third-order valence-electron chi connectivity index (χ3n) is 5.27. The van der Waals surface area contributed by atoms with Crippen molar-refractivity contribution in [1.29, 1.82) is 0 Å². The molecule has 0 fully saturated rings. The van der Waals surface area contributed by atoms with E-state index in [9.17, 15) is 0 Å². The van der Waals surface area contributed by atoms with Crippen molar-refractivity contribution in [2.45, 2.75) is 25.8 Å². The SMILES string of the molecule is NCCNCc1cc(Nc2ccc(CCCc3c[nH]c4ccccc34)cc2)ccn1. The summed E-state index contributed by atoms with van der Waals surface area (Å²) in [5, 5.41) is 8.08. The summed E-state index contributed by atoms with van der Waals surface area (Å²) in [6.07, 6.45) is 7.28. The molecule has 4 rings (SSSR count). The van der Waals surface area contributed by atoms with Gasteiger partial charge in [0.15, 0.2) is 0 Å². The Balaban J connectivity index is 1.29. The zero-order chi connectivity index (χ0) is 20.6. The summed E-state index contributed by atoms with van der Waals surface area (Å²) in [7, 11) is 0. The van der Waals surface area contributed by atoms with Gasteiger partial charge in [0, 0.05) is 54.3 Å². The fourth-order valence-corrected chi connectivity index (χ4v) is 3.71. The van der Waals surface area contributed by atoms with Crippen molar-refractivity contribution in [3.8, 4) is 0 Å². The summed E-state index contributed by atoms with van der Waals surface area (Å²) in [6.45, 7) is 2.15. The lowest BCUT2D eigenvalue weighted by Gasteiger charge is -2.09. The number of aromatic amines is 1. The second-order valence-electron chi connectivity index (χ2n) is 7.54. The van der Waals surface area contributed by atoms with Gasteiger partial charge in [-0.05, 0) is 60.7 Å². The molecule has 0 saturated heterocycles. The van der Waals surface area contributed by atoms with Crippen molar-refractivity contribution < 1.29 is 0 Å². The lowest BCUT2D eigenvalue weighted by Crippen LogP contribution is -2.22. The highest BCUT2D eigenvalue weighted by molar-refractivity contribution is 5.83. The van der Waals surface area contributed by atoms with Gasteiger partial charge in [0.05, 0.1) is 5.69 Å². The number of rotatable bonds is 10. The predicted octanol–water partition coefficient (Wildman–Crippen LogP) is 4.53. The standard InChI is InChI=1S/C25H29N5/c26-13-15-27-18-23-16-22(12-14-28-23)30-21-10-8-19(9-11-21)4-3-5-20-17-29-25-7-2-1-6-24(20)25/h1-2,6-12,14,16-17,27,29H,3-5,13,15,18,26H2,(H,28,30). The van der Waals surface area contributed by atoms with Crippen LogP contribution in [0, 0.1) is 0 Å². The zero-order valence-electron chi connectivity index (χ0n) is 17.2. The minimum absolute atomic E-state index is 0.631. The quantitative estimate of drug-likeness (QED) is 0.295. The van der Waals surface area contributed by atoms with Gasteiger partial charge in [-0.1, -0.05) is 30.3 Å². The normalized spacial score (nSPS) is 11.1. The monoisotopic (exact) mass is 399 g/mol. The van der Waals surface area contributed by atoms with Gasteiger partial charge in [-0.25, -0.2) is 0 Å². The molecule has 2 heterocycles. The molecule has 0 aliphatic carbocycles. The van der Waals surface area contributed by atoms with E-state index in [1.807, 2.05) is 12.3 Å². The van der Waals surface area contributed by atoms with Gasteiger partial charge in [-0.2, -0.15) is 0 Å². The highest BCUT2D eigenvalue weighted by atomic mass is 14.9. The van der Waals surface area contributed by atoms with Gasteiger partial charge in [0.2, 0.25) is 0 Å². The van der Waals surface area contributed by atoms with Crippen LogP contribution in [0.2, 0.25) is 0 Å². The largest absolute Gasteiger partial charge is 0.361 e. The number of H-pyrrole nitrogens is 1. The third-order valence-corrected chi connectivity index (χ3v) is 5.27. The highest BCUT2D eigenvalue weighted by Crippen LogP contribution is 2.21. The molecule has 2 aromatic heterocycles. The molecule has 2 aromatic carbocycles. The van der Waals surface area contributed by atoms with E-state index in [4.69, 9.17) is 5.73 Å². The number of aryl methyl sites for hydroxylation is 2. The van der Waals surface area contributed by atoms with Crippen LogP contribution in [0.1, 0.15) is 23.2 Å². The predicted molar refractivity (Wildman–Crippen MR) is 125 cm³/mol. The van der Waals surface area contributed by atoms with E-state index in [2.05, 4.69) is 81.4 Å². The fraction of sp³-hybridized carbons (Fsp3) is 0.240. The topological polar surface area (TPSA) is 78.8 Å². The number of nitrogens with two attached hydrogens (primary N) is 1. The number of fused-ring (bicyclic) bond motifs is 1. The maximum atomic E-state index is 5.52. The van der Waals surface area contributed by atoms with Crippen LogP contribution in [0.15, 0.2) is 73.1 Å². The lowest BCUT2D eigenvalue weighted by molar-refractivity contribution is 0.682. The second kappa shape index (κ2) is 10.1. The molecule has 0 atom stereocenters. The number of benzene rings is 2. The van der Waals surface area contributed by atoms with E-state index in [-0.39, 0.29) is 0 Å². The van der Waals surface area contributed by atoms with Crippen LogP contribution in [-0.2, 0) is 19.4 Å². The maximum Gasteiger partial charge on any atom is 0.0562 e. The summed E-state index contributed by atoms with van der Waals surface area (Å²) < 4.78 is 0. The van der Waals surface area contributed by atoms with Crippen LogP contribution in [0.4, 0.5) is 11.4 Å². The van der Waals surface area contributed by atoms with E-state index in [0.717, 1.165) is 49.4 Å². The van der Waals surface area contributed by atoms with Crippen LogP contribution in [-0.4, -0.2) is 23.1 Å². The molecule has 0 saturated carbocycles. The molecule has 154 valence electrons. The summed E-state index contributed by atoms with van der Waals surface area (Å²) in [5.74, 6) is 0. The Kier molecular flexibility index (Phi) is 6.75. The van der Waals surface area contributed by atoms with E-state index < -0.39 is 0 Å². The van der Waals surface area contributed by atoms with E-state index >= 15 is 0 Å². The molecule has 5 N–H and O–H groups in total. The van der Waals surface area contributed by atoms with Crippen LogP contribution < -0.4 is 16.4 Å². The Bertz CT molecular complexity index is 1070. The first-order chi connectivity index (χ1) is 14.8. The third kappa shape index (κ3) is 5.26. The Labute approximate surface area is 177 Å². The van der Waals surface area contributed by atoms with Crippen LogP contribution >= 0.6 is 0 Å². The summed E-state index contributed by atoms with van der Waals surface area (Å²) in [4.78, 5) is 7.76. The Morgan fingerprint density at radius 1 is 0.933 bits per heavy atom. The van der Waals surface area contributed by atoms with Gasteiger partial charge in [-0.3, -0.25) is 4.98 Å². The van der Waals surface area contributed by atoms with Crippen molar-refractivity contribution in [2.75, 3.05) is 18.4 Å². The maximum absolute atomic E-state index is 5.52. The first-order valence-corrected chi connectivity index (χ1v) is 10.6. The van der Waals surface area contributed by atoms with Gasteiger partial charge < -0.3 is 21.4 Å². The summed E-state index contributed by atoms with van der Waals surface area (Å²) >= 11 is 0. The fourth-order valence-electron chi connectivity index (χ4n) is 3.71. The molecule has 4 aromatic rings. The first kappa shape index (κ1) is 20.1. The van der Waals surface area contributed by atoms with Gasteiger partial charge >= 0.3 is 0 Å². The van der Waals surface area contributed by atoms with Crippen LogP contribution in [0.25, 0.3) is 10.9 Å². The smallest absolute Gasteiger partial charge is 0.0562 e. The Morgan fingerprint density at radius 3 is 2.67 bits per heavy atom. The highest BCUT2D eigenvalue weighted by Gasteiger charge is 2.03. The number of nitrogens with one attached hydrogen (secondary N) is 3. The first-order valence-electron chi connectivity index (χ1n) is 10.6. The number of aromatic nitrogens is 2. The minimum atomic E-state index is 0.631. The van der Waals surface area contributed by atoms with Gasteiger partial charge in [0.1, 0.15) is 0 Å². The zero-order valence-corrected chi connectivity index (χ0v) is 17.2. The minimum Gasteiger partial charge on any atom is -0.361 e. The van der Waals surface area contributed by atoms with Gasteiger partial charge in [0.25, 0.3) is 0 Å². The van der Waals surface area contributed by atoms with Gasteiger partial charge in [-0.15, -0.1) is 0 Å². The van der Waals surface area contributed by atoms with Crippen molar-refractivity contribution in [2.24, 2.45) is 5.73 Å². The number of hydrogen-bond donors (Lipinski definition) is 4. The number of anilines is 2. The van der Waals surface area contributed by atoms with E-state index in [1.165, 1.54) is 22.0 Å². The molecule has 0 bridgehead atoms.